The van der Waals surface area contributed by atoms with Crippen LogP contribution in [0.3, 0.4) is 0 Å². The van der Waals surface area contributed by atoms with Gasteiger partial charge in [-0.1, -0.05) is 441 Å². The van der Waals surface area contributed by atoms with Crippen LogP contribution in [0.25, 0.3) is 0 Å². The fourth-order valence-electron chi connectivity index (χ4n) is 13.7. The summed E-state index contributed by atoms with van der Waals surface area (Å²) in [5, 5.41) is 0. The Kier molecular flexibility index (Phi) is 84.7. The van der Waals surface area contributed by atoms with Crippen molar-refractivity contribution in [2.75, 3.05) is 26.4 Å². The monoisotopic (exact) mass is 1440 g/mol. The summed E-state index contributed by atoms with van der Waals surface area (Å²) < 4.78 is 33.4. The molecular weight excluding hydrogens is 1270 g/mol. The molecule has 9 nitrogen and oxygen atoms in total. The number of carbonyl (C=O) groups excluding carboxylic acids is 2. The number of allylic oxidation sites excluding steroid dienone is 10. The van der Waals surface area contributed by atoms with Gasteiger partial charge in [0.15, 0.2) is 6.10 Å². The van der Waals surface area contributed by atoms with Crippen molar-refractivity contribution < 1.29 is 37.6 Å². The molecular formula is C91H172NO8P. The van der Waals surface area contributed by atoms with E-state index < -0.39 is 26.5 Å². The lowest BCUT2D eigenvalue weighted by molar-refractivity contribution is -0.161. The Balaban J connectivity index is 3.70. The lowest BCUT2D eigenvalue weighted by atomic mass is 10.0. The van der Waals surface area contributed by atoms with Gasteiger partial charge in [0.2, 0.25) is 0 Å². The van der Waals surface area contributed by atoms with E-state index in [1.807, 2.05) is 0 Å². The minimum absolute atomic E-state index is 0.0561. The Morgan fingerprint density at radius 3 is 0.762 bits per heavy atom. The van der Waals surface area contributed by atoms with Gasteiger partial charge >= 0.3 is 19.8 Å². The minimum atomic E-state index is -4.40. The van der Waals surface area contributed by atoms with Crippen molar-refractivity contribution in [1.82, 2.24) is 0 Å². The number of ether oxygens (including phenoxy) is 2. The van der Waals surface area contributed by atoms with Crippen molar-refractivity contribution in [3.8, 4) is 0 Å². The summed E-state index contributed by atoms with van der Waals surface area (Å²) in [6.45, 7) is 3.81. The van der Waals surface area contributed by atoms with E-state index in [1.54, 1.807) is 0 Å². The van der Waals surface area contributed by atoms with Crippen LogP contribution in [0.5, 0.6) is 0 Å². The minimum Gasteiger partial charge on any atom is -0.462 e. The SMILES string of the molecule is CCCCCCC/C=C\C/C=C\C/C=C\CCCCCCCCCCCCCCCCCCCCCCCCCCC(=O)OC(COC(=O)CCCCCCCCCCCCCCCCCCCCCCCCCCCCCCC/C=C\C/C=C\CCCCCCC)COP(=O)(O)OCCN. The van der Waals surface area contributed by atoms with E-state index in [9.17, 15) is 19.0 Å². The van der Waals surface area contributed by atoms with E-state index in [4.69, 9.17) is 24.3 Å². The molecule has 0 radical (unpaired) electrons. The molecule has 0 fully saturated rings. The quantitative estimate of drug-likeness (QED) is 0.0264. The second-order valence-corrected chi connectivity index (χ2v) is 31.9. The standard InChI is InChI=1S/C91H172NO8P/c1-3-5-7-9-11-13-15-17-19-21-23-25-27-29-31-33-35-37-39-41-43-44-46-47-49-51-53-55-57-59-61-63-65-67-69-71-73-75-77-79-81-83-90(93)97-87-89(88-99-101(95,96)98-86-85-92)100-91(94)84-82-80-78-76-74-72-70-68-66-64-62-60-58-56-54-52-50-48-45-42-40-38-36-34-32-30-28-26-24-22-20-18-16-14-12-10-8-6-4-2/h15-18,21-24,28,30,89H,3-14,19-20,25-27,29,31-88,92H2,1-2H3,(H,95,96)/b17-15-,18-16-,23-21-,24-22-,30-28-. The van der Waals surface area contributed by atoms with E-state index in [2.05, 4.69) is 74.6 Å². The van der Waals surface area contributed by atoms with Crippen LogP contribution in [-0.2, 0) is 32.7 Å². The Labute approximate surface area is 629 Å². The van der Waals surface area contributed by atoms with E-state index in [1.165, 1.54) is 392 Å². The van der Waals surface area contributed by atoms with Crippen molar-refractivity contribution in [3.63, 3.8) is 0 Å². The molecule has 10 heteroatoms. The maximum atomic E-state index is 12.8. The number of esters is 2. The van der Waals surface area contributed by atoms with Gasteiger partial charge in [-0.3, -0.25) is 18.6 Å². The number of carbonyl (C=O) groups is 2. The fraction of sp³-hybridized carbons (Fsp3) is 0.868. The molecule has 0 aliphatic carbocycles. The highest BCUT2D eigenvalue weighted by molar-refractivity contribution is 7.47. The third-order valence-corrected chi connectivity index (χ3v) is 21.4. The molecule has 0 rings (SSSR count). The van der Waals surface area contributed by atoms with Gasteiger partial charge in [0.25, 0.3) is 0 Å². The van der Waals surface area contributed by atoms with Crippen LogP contribution >= 0.6 is 7.82 Å². The smallest absolute Gasteiger partial charge is 0.462 e. The second kappa shape index (κ2) is 86.6. The molecule has 0 bridgehead atoms. The van der Waals surface area contributed by atoms with E-state index in [0.717, 1.165) is 51.4 Å². The van der Waals surface area contributed by atoms with Crippen LogP contribution in [0.4, 0.5) is 0 Å². The topological polar surface area (TPSA) is 134 Å². The lowest BCUT2D eigenvalue weighted by Crippen LogP contribution is -2.29. The molecule has 0 aromatic rings. The maximum Gasteiger partial charge on any atom is 0.472 e. The van der Waals surface area contributed by atoms with Gasteiger partial charge in [0, 0.05) is 19.4 Å². The number of phosphoric ester groups is 1. The van der Waals surface area contributed by atoms with Crippen molar-refractivity contribution in [2.24, 2.45) is 5.73 Å². The molecule has 0 spiro atoms. The molecule has 0 aliphatic rings. The predicted octanol–water partition coefficient (Wildman–Crippen LogP) is 30.4. The maximum absolute atomic E-state index is 12.8. The molecule has 0 aromatic heterocycles. The van der Waals surface area contributed by atoms with Crippen LogP contribution in [0.15, 0.2) is 60.8 Å². The molecule has 101 heavy (non-hydrogen) atoms. The van der Waals surface area contributed by atoms with Crippen LogP contribution < -0.4 is 5.73 Å². The van der Waals surface area contributed by atoms with Crippen LogP contribution in [0.1, 0.15) is 476 Å². The van der Waals surface area contributed by atoms with Crippen LogP contribution in [0.2, 0.25) is 0 Å². The summed E-state index contributed by atoms with van der Waals surface area (Å²) in [6, 6.07) is 0. The molecule has 0 aromatic carbocycles. The van der Waals surface area contributed by atoms with Gasteiger partial charge in [-0.25, -0.2) is 4.57 Å². The zero-order valence-corrected chi connectivity index (χ0v) is 68.3. The van der Waals surface area contributed by atoms with Crippen molar-refractivity contribution >= 4 is 19.8 Å². The van der Waals surface area contributed by atoms with Crippen molar-refractivity contribution in [3.05, 3.63) is 60.8 Å². The van der Waals surface area contributed by atoms with Gasteiger partial charge in [0.1, 0.15) is 6.61 Å². The largest absolute Gasteiger partial charge is 0.472 e. The van der Waals surface area contributed by atoms with E-state index >= 15 is 0 Å². The molecule has 2 unspecified atom stereocenters. The van der Waals surface area contributed by atoms with Gasteiger partial charge in [-0.05, 0) is 83.5 Å². The molecule has 0 amide bonds. The summed E-state index contributed by atoms with van der Waals surface area (Å²) in [4.78, 5) is 35.5. The number of hydrogen-bond acceptors (Lipinski definition) is 8. The molecule has 0 saturated heterocycles. The predicted molar refractivity (Wildman–Crippen MR) is 441 cm³/mol. The molecule has 594 valence electrons. The third kappa shape index (κ3) is 86.5. The number of phosphoric acid groups is 1. The fourth-order valence-corrected chi connectivity index (χ4v) is 14.5. The van der Waals surface area contributed by atoms with Crippen molar-refractivity contribution in [2.45, 2.75) is 482 Å². The van der Waals surface area contributed by atoms with Gasteiger partial charge in [-0.2, -0.15) is 0 Å². The third-order valence-electron chi connectivity index (χ3n) is 20.4. The first-order valence-corrected chi connectivity index (χ1v) is 46.3. The molecule has 0 heterocycles. The number of hydrogen-bond donors (Lipinski definition) is 2. The summed E-state index contributed by atoms with van der Waals surface area (Å²) in [5.74, 6) is -0.799. The first-order valence-electron chi connectivity index (χ1n) is 44.8. The highest BCUT2D eigenvalue weighted by Crippen LogP contribution is 2.43. The van der Waals surface area contributed by atoms with Crippen LogP contribution in [-0.4, -0.2) is 49.3 Å². The van der Waals surface area contributed by atoms with Gasteiger partial charge in [0.05, 0.1) is 13.2 Å². The number of rotatable bonds is 86. The first-order chi connectivity index (χ1) is 49.8. The Morgan fingerprint density at radius 2 is 0.515 bits per heavy atom. The number of nitrogens with two attached hydrogens (primary N) is 1. The van der Waals surface area contributed by atoms with Gasteiger partial charge < -0.3 is 20.1 Å². The summed E-state index contributed by atoms with van der Waals surface area (Å²) >= 11 is 0. The van der Waals surface area contributed by atoms with E-state index in [0.29, 0.717) is 6.42 Å². The Bertz CT molecular complexity index is 1850. The van der Waals surface area contributed by atoms with Gasteiger partial charge in [-0.15, -0.1) is 0 Å². The normalized spacial score (nSPS) is 13.0. The van der Waals surface area contributed by atoms with Crippen molar-refractivity contribution in [1.29, 1.82) is 0 Å². The highest BCUT2D eigenvalue weighted by Gasteiger charge is 2.26. The average Bonchev–Trinajstić information content (AvgIpc) is 1.01. The average molecular weight is 1440 g/mol. The summed E-state index contributed by atoms with van der Waals surface area (Å²) in [5.41, 5.74) is 5.43. The molecule has 3 N–H and O–H groups in total. The Hall–Kier alpha value is -2.29. The highest BCUT2D eigenvalue weighted by atomic mass is 31.2. The summed E-state index contributed by atoms with van der Waals surface area (Å²) in [6.07, 6.45) is 116. The lowest BCUT2D eigenvalue weighted by Gasteiger charge is -2.19. The molecule has 0 saturated carbocycles. The first kappa shape index (κ1) is 98.7. The molecule has 2 atom stereocenters. The Morgan fingerprint density at radius 1 is 0.297 bits per heavy atom. The zero-order chi connectivity index (χ0) is 72.9. The van der Waals surface area contributed by atoms with Crippen LogP contribution in [0, 0.1) is 0 Å². The molecule has 0 aliphatic heterocycles. The summed E-state index contributed by atoms with van der Waals surface area (Å²) in [7, 11) is -4.40. The van der Waals surface area contributed by atoms with E-state index in [-0.39, 0.29) is 38.6 Å². The second-order valence-electron chi connectivity index (χ2n) is 30.5. The zero-order valence-electron chi connectivity index (χ0n) is 67.4. The number of unbranched alkanes of at least 4 members (excludes halogenated alkanes) is 63.